The average molecular weight is 336 g/mol. The van der Waals surface area contributed by atoms with Gasteiger partial charge in [0, 0.05) is 10.0 Å². The molecule has 1 aromatic rings. The lowest BCUT2D eigenvalue weighted by Gasteiger charge is -2.19. The molecule has 0 aliphatic heterocycles. The van der Waals surface area contributed by atoms with Crippen LogP contribution in [0, 0.1) is 5.82 Å². The quantitative estimate of drug-likeness (QED) is 0.844. The van der Waals surface area contributed by atoms with Gasteiger partial charge in [-0.3, -0.25) is 0 Å². The average Bonchev–Trinajstić information content (AvgIpc) is 2.04. The summed E-state index contributed by atoms with van der Waals surface area (Å²) in [5.41, 5.74) is -1.02. The fourth-order valence-corrected chi connectivity index (χ4v) is 2.50. The van der Waals surface area contributed by atoms with E-state index >= 15 is 0 Å². The highest BCUT2D eigenvalue weighted by Crippen LogP contribution is 2.39. The standard InChI is InChI=1S/C8H6BrF4NO2S/c9-4-1-2-5(6(10)3-4)7(8(11,12)13)17(14,15)16/h1-3,7H,(H2,14,15,16). The number of hydrogen-bond acceptors (Lipinski definition) is 2. The third kappa shape index (κ3) is 3.39. The molecule has 3 nitrogen and oxygen atoms in total. The first kappa shape index (κ1) is 14.4. The van der Waals surface area contributed by atoms with Crippen molar-refractivity contribution in [2.45, 2.75) is 11.4 Å². The van der Waals surface area contributed by atoms with Crippen molar-refractivity contribution in [3.05, 3.63) is 34.1 Å². The van der Waals surface area contributed by atoms with Gasteiger partial charge < -0.3 is 0 Å². The molecule has 17 heavy (non-hydrogen) atoms. The number of sulfonamides is 1. The van der Waals surface area contributed by atoms with Crippen LogP contribution in [0.1, 0.15) is 10.8 Å². The Kier molecular flexibility index (Phi) is 3.84. The van der Waals surface area contributed by atoms with Crippen molar-refractivity contribution >= 4 is 26.0 Å². The van der Waals surface area contributed by atoms with Crippen LogP contribution in [0.15, 0.2) is 22.7 Å². The molecule has 1 rings (SSSR count). The zero-order valence-electron chi connectivity index (χ0n) is 8.00. The summed E-state index contributed by atoms with van der Waals surface area (Å²) in [6.45, 7) is 0. The van der Waals surface area contributed by atoms with Crippen LogP contribution in [0.5, 0.6) is 0 Å². The third-order valence-corrected chi connectivity index (χ3v) is 3.54. The number of rotatable bonds is 2. The van der Waals surface area contributed by atoms with Crippen LogP contribution in [0.3, 0.4) is 0 Å². The zero-order chi connectivity index (χ0) is 13.4. The maximum Gasteiger partial charge on any atom is 0.410 e. The molecule has 0 aliphatic rings. The maximum atomic E-state index is 13.3. The number of benzene rings is 1. The summed E-state index contributed by atoms with van der Waals surface area (Å²) < 4.78 is 72.9. The molecule has 0 amide bonds. The van der Waals surface area contributed by atoms with Gasteiger partial charge in [-0.25, -0.2) is 17.9 Å². The highest BCUT2D eigenvalue weighted by atomic mass is 79.9. The number of halogens is 5. The van der Waals surface area contributed by atoms with E-state index in [0.717, 1.165) is 18.2 Å². The Morgan fingerprint density at radius 1 is 1.29 bits per heavy atom. The van der Waals surface area contributed by atoms with Crippen LogP contribution < -0.4 is 5.14 Å². The molecule has 9 heteroatoms. The Labute approximate surface area is 103 Å². The Morgan fingerprint density at radius 3 is 2.18 bits per heavy atom. The van der Waals surface area contributed by atoms with Crippen LogP contribution in [0.25, 0.3) is 0 Å². The van der Waals surface area contributed by atoms with Gasteiger partial charge in [-0.15, -0.1) is 0 Å². The second-order valence-electron chi connectivity index (χ2n) is 3.18. The maximum absolute atomic E-state index is 13.3. The summed E-state index contributed by atoms with van der Waals surface area (Å²) in [6.07, 6.45) is -5.18. The van der Waals surface area contributed by atoms with Gasteiger partial charge in [0.1, 0.15) is 5.82 Å². The summed E-state index contributed by atoms with van der Waals surface area (Å²) in [7, 11) is -4.99. The Balaban J connectivity index is 3.44. The van der Waals surface area contributed by atoms with Crippen LogP contribution in [0.4, 0.5) is 17.6 Å². The van der Waals surface area contributed by atoms with Gasteiger partial charge in [0.05, 0.1) is 0 Å². The highest BCUT2D eigenvalue weighted by molar-refractivity contribution is 9.10. The molecule has 0 heterocycles. The van der Waals surface area contributed by atoms with Crippen molar-refractivity contribution in [2.24, 2.45) is 5.14 Å². The molecule has 0 aromatic heterocycles. The molecule has 0 fully saturated rings. The number of primary sulfonamides is 1. The molecule has 96 valence electrons. The number of hydrogen-bond donors (Lipinski definition) is 1. The minimum absolute atomic E-state index is 0.189. The fourth-order valence-electron chi connectivity index (χ4n) is 1.25. The smallest absolute Gasteiger partial charge is 0.228 e. The number of alkyl halides is 3. The first-order chi connectivity index (χ1) is 7.53. The molecule has 0 bridgehead atoms. The van der Waals surface area contributed by atoms with E-state index in [-0.39, 0.29) is 4.47 Å². The van der Waals surface area contributed by atoms with Crippen LogP contribution >= 0.6 is 15.9 Å². The predicted molar refractivity (Wildman–Crippen MR) is 56.0 cm³/mol. The van der Waals surface area contributed by atoms with Gasteiger partial charge in [0.15, 0.2) is 5.25 Å². The van der Waals surface area contributed by atoms with E-state index < -0.39 is 32.8 Å². The monoisotopic (exact) mass is 335 g/mol. The van der Waals surface area contributed by atoms with Gasteiger partial charge in [-0.05, 0) is 12.1 Å². The van der Waals surface area contributed by atoms with E-state index in [9.17, 15) is 26.0 Å². The van der Waals surface area contributed by atoms with E-state index in [1.165, 1.54) is 0 Å². The van der Waals surface area contributed by atoms with Crippen LogP contribution in [-0.4, -0.2) is 14.6 Å². The molecular formula is C8H6BrF4NO2S. The normalized spacial score (nSPS) is 14.7. The van der Waals surface area contributed by atoms with Gasteiger partial charge in [0.25, 0.3) is 0 Å². The topological polar surface area (TPSA) is 60.2 Å². The molecule has 1 aromatic carbocycles. The van der Waals surface area contributed by atoms with E-state index in [1.807, 2.05) is 0 Å². The summed E-state index contributed by atoms with van der Waals surface area (Å²) in [5.74, 6) is -1.30. The molecule has 0 saturated carbocycles. The van der Waals surface area contributed by atoms with E-state index in [4.69, 9.17) is 0 Å². The molecule has 0 spiro atoms. The predicted octanol–water partition coefficient (Wildman–Crippen LogP) is 2.48. The van der Waals surface area contributed by atoms with Gasteiger partial charge in [0.2, 0.25) is 10.0 Å². The lowest BCUT2D eigenvalue weighted by Crippen LogP contribution is -2.34. The number of nitrogens with two attached hydrogens (primary N) is 1. The van der Waals surface area contributed by atoms with Gasteiger partial charge >= 0.3 is 6.18 Å². The summed E-state index contributed by atoms with van der Waals surface area (Å²) in [6, 6.07) is 2.56. The fraction of sp³-hybridized carbons (Fsp3) is 0.250. The summed E-state index contributed by atoms with van der Waals surface area (Å²) in [5, 5.41) is 1.41. The molecule has 0 aliphatic carbocycles. The molecule has 0 saturated heterocycles. The first-order valence-corrected chi connectivity index (χ1v) is 6.47. The lowest BCUT2D eigenvalue weighted by molar-refractivity contribution is -0.132. The second kappa shape index (κ2) is 4.54. The van der Waals surface area contributed by atoms with E-state index in [2.05, 4.69) is 21.1 Å². The highest BCUT2D eigenvalue weighted by Gasteiger charge is 2.49. The Bertz CT molecular complexity index is 529. The molecule has 2 N–H and O–H groups in total. The van der Waals surface area contributed by atoms with Crippen molar-refractivity contribution in [2.75, 3.05) is 0 Å². The van der Waals surface area contributed by atoms with Gasteiger partial charge in [-0.2, -0.15) is 13.2 Å². The van der Waals surface area contributed by atoms with Crippen molar-refractivity contribution in [1.29, 1.82) is 0 Å². The molecular weight excluding hydrogens is 330 g/mol. The zero-order valence-corrected chi connectivity index (χ0v) is 10.4. The van der Waals surface area contributed by atoms with Crippen molar-refractivity contribution in [3.8, 4) is 0 Å². The third-order valence-electron chi connectivity index (χ3n) is 1.87. The minimum atomic E-state index is -5.18. The van der Waals surface area contributed by atoms with Crippen molar-refractivity contribution in [3.63, 3.8) is 0 Å². The van der Waals surface area contributed by atoms with E-state index in [0.29, 0.717) is 0 Å². The molecule has 1 unspecified atom stereocenters. The molecule has 0 radical (unpaired) electrons. The van der Waals surface area contributed by atoms with Gasteiger partial charge in [-0.1, -0.05) is 22.0 Å². The van der Waals surface area contributed by atoms with E-state index in [1.54, 1.807) is 0 Å². The van der Waals surface area contributed by atoms with Crippen LogP contribution in [0.2, 0.25) is 0 Å². The van der Waals surface area contributed by atoms with Crippen LogP contribution in [-0.2, 0) is 10.0 Å². The van der Waals surface area contributed by atoms with Crippen molar-refractivity contribution in [1.82, 2.24) is 0 Å². The minimum Gasteiger partial charge on any atom is -0.228 e. The second-order valence-corrected chi connectivity index (χ2v) is 5.74. The van der Waals surface area contributed by atoms with Crippen molar-refractivity contribution < 1.29 is 26.0 Å². The first-order valence-electron chi connectivity index (χ1n) is 4.07. The lowest BCUT2D eigenvalue weighted by atomic mass is 10.1. The SMILES string of the molecule is NS(=O)(=O)C(c1ccc(Br)cc1F)C(F)(F)F. The summed E-state index contributed by atoms with van der Waals surface area (Å²) in [4.78, 5) is 0. The Morgan fingerprint density at radius 2 is 1.82 bits per heavy atom. The Hall–Kier alpha value is -0.670. The summed E-state index contributed by atoms with van der Waals surface area (Å²) >= 11 is 2.84. The largest absolute Gasteiger partial charge is 0.410 e. The molecule has 1 atom stereocenters.